The first-order valence-corrected chi connectivity index (χ1v) is 6.81. The molecule has 1 aliphatic rings. The van der Waals surface area contributed by atoms with Gasteiger partial charge in [-0.2, -0.15) is 0 Å². The Balaban J connectivity index is 1.93. The van der Waals surface area contributed by atoms with Crippen LogP contribution in [0.25, 0.3) is 0 Å². The molecule has 4 heteroatoms. The summed E-state index contributed by atoms with van der Waals surface area (Å²) in [5.41, 5.74) is 1.91. The van der Waals surface area contributed by atoms with Crippen molar-refractivity contribution in [2.24, 2.45) is 5.92 Å². The van der Waals surface area contributed by atoms with Crippen molar-refractivity contribution in [3.8, 4) is 0 Å². The van der Waals surface area contributed by atoms with Crippen molar-refractivity contribution < 1.29 is 9.53 Å². The summed E-state index contributed by atoms with van der Waals surface area (Å²) in [4.78, 5) is 12.2. The third kappa shape index (κ3) is 4.04. The Hall–Kier alpha value is -1.39. The van der Waals surface area contributed by atoms with Gasteiger partial charge in [-0.25, -0.2) is 0 Å². The van der Waals surface area contributed by atoms with Crippen molar-refractivity contribution in [3.63, 3.8) is 0 Å². The summed E-state index contributed by atoms with van der Waals surface area (Å²) < 4.78 is 5.09. The summed E-state index contributed by atoms with van der Waals surface area (Å²) >= 11 is 0. The Morgan fingerprint density at radius 1 is 1.47 bits per heavy atom. The molecule has 0 aliphatic carbocycles. The van der Waals surface area contributed by atoms with Crippen molar-refractivity contribution in [2.45, 2.75) is 32.4 Å². The van der Waals surface area contributed by atoms with Crippen molar-refractivity contribution in [1.82, 2.24) is 5.32 Å². The van der Waals surface area contributed by atoms with E-state index in [9.17, 15) is 4.79 Å². The Labute approximate surface area is 114 Å². The number of amides is 1. The molecule has 0 bridgehead atoms. The normalized spacial score (nSPS) is 23.1. The fraction of sp³-hybridized carbons (Fsp3) is 0.533. The maximum atomic E-state index is 12.2. The molecule has 4 nitrogen and oxygen atoms in total. The molecule has 1 amide bonds. The molecule has 1 heterocycles. The predicted octanol–water partition coefficient (Wildman–Crippen LogP) is 2.16. The highest BCUT2D eigenvalue weighted by atomic mass is 16.5. The fourth-order valence-corrected chi connectivity index (χ4v) is 2.37. The summed E-state index contributed by atoms with van der Waals surface area (Å²) in [6.45, 7) is 3.49. The van der Waals surface area contributed by atoms with Gasteiger partial charge in [0.25, 0.3) is 0 Å². The first-order valence-electron chi connectivity index (χ1n) is 6.81. The fourth-order valence-electron chi connectivity index (χ4n) is 2.37. The van der Waals surface area contributed by atoms with Gasteiger partial charge < -0.3 is 15.4 Å². The Bertz CT molecular complexity index is 426. The summed E-state index contributed by atoms with van der Waals surface area (Å²) in [6, 6.07) is 8.32. The lowest BCUT2D eigenvalue weighted by molar-refractivity contribution is -0.120. The minimum absolute atomic E-state index is 0.0716. The first-order chi connectivity index (χ1) is 9.19. The standard InChI is InChI=1S/C15H22N2O2/c1-11-6-7-13(9-16-11)15(18)17-14-5-3-4-12(8-14)10-19-2/h3-5,8,11,13,16H,6-7,9-10H2,1-2H3,(H,17,18). The van der Waals surface area contributed by atoms with E-state index < -0.39 is 0 Å². The van der Waals surface area contributed by atoms with Crippen molar-refractivity contribution >= 4 is 11.6 Å². The van der Waals surface area contributed by atoms with Crippen LogP contribution in [0, 0.1) is 5.92 Å². The van der Waals surface area contributed by atoms with Crippen LogP contribution in [0.2, 0.25) is 0 Å². The lowest BCUT2D eigenvalue weighted by Gasteiger charge is -2.26. The molecule has 1 saturated heterocycles. The van der Waals surface area contributed by atoms with E-state index in [-0.39, 0.29) is 11.8 Å². The van der Waals surface area contributed by atoms with E-state index >= 15 is 0 Å². The van der Waals surface area contributed by atoms with E-state index in [1.807, 2.05) is 24.3 Å². The number of carbonyl (C=O) groups excluding carboxylic acids is 1. The number of benzene rings is 1. The van der Waals surface area contributed by atoms with Crippen LogP contribution in [-0.2, 0) is 16.1 Å². The summed E-state index contributed by atoms with van der Waals surface area (Å²) in [5.74, 6) is 0.177. The monoisotopic (exact) mass is 262 g/mol. The number of rotatable bonds is 4. The second-order valence-corrected chi connectivity index (χ2v) is 5.21. The lowest BCUT2D eigenvalue weighted by Crippen LogP contribution is -2.41. The topological polar surface area (TPSA) is 50.4 Å². The molecule has 2 atom stereocenters. The molecule has 19 heavy (non-hydrogen) atoms. The van der Waals surface area contributed by atoms with Gasteiger partial charge in [0.05, 0.1) is 12.5 Å². The zero-order valence-electron chi connectivity index (χ0n) is 11.6. The second-order valence-electron chi connectivity index (χ2n) is 5.21. The molecule has 2 unspecified atom stereocenters. The van der Waals surface area contributed by atoms with E-state index in [0.29, 0.717) is 12.6 Å². The molecule has 1 aromatic carbocycles. The van der Waals surface area contributed by atoms with E-state index in [2.05, 4.69) is 17.6 Å². The molecule has 0 aromatic heterocycles. The number of hydrogen-bond acceptors (Lipinski definition) is 3. The van der Waals surface area contributed by atoms with Gasteiger partial charge in [0.15, 0.2) is 0 Å². The highest BCUT2D eigenvalue weighted by Crippen LogP contribution is 2.17. The van der Waals surface area contributed by atoms with Crippen LogP contribution in [0.15, 0.2) is 24.3 Å². The number of piperidine rings is 1. The van der Waals surface area contributed by atoms with Crippen LogP contribution in [-0.4, -0.2) is 25.6 Å². The number of ether oxygens (including phenoxy) is 1. The second kappa shape index (κ2) is 6.68. The molecule has 104 valence electrons. The maximum absolute atomic E-state index is 12.2. The van der Waals surface area contributed by atoms with Gasteiger partial charge >= 0.3 is 0 Å². The van der Waals surface area contributed by atoms with Gasteiger partial charge in [-0.3, -0.25) is 4.79 Å². The minimum Gasteiger partial charge on any atom is -0.380 e. The van der Waals surface area contributed by atoms with Gasteiger partial charge in [-0.15, -0.1) is 0 Å². The molecule has 2 N–H and O–H groups in total. The highest BCUT2D eigenvalue weighted by Gasteiger charge is 2.23. The van der Waals surface area contributed by atoms with Crippen LogP contribution in [0.3, 0.4) is 0 Å². The molecular formula is C15H22N2O2. The van der Waals surface area contributed by atoms with Gasteiger partial charge in [-0.1, -0.05) is 12.1 Å². The van der Waals surface area contributed by atoms with Crippen LogP contribution in [0.1, 0.15) is 25.3 Å². The average Bonchev–Trinajstić information content (AvgIpc) is 2.40. The third-order valence-electron chi connectivity index (χ3n) is 3.54. The van der Waals surface area contributed by atoms with Crippen molar-refractivity contribution in [3.05, 3.63) is 29.8 Å². The summed E-state index contributed by atoms with van der Waals surface area (Å²) in [7, 11) is 1.67. The van der Waals surface area contributed by atoms with Crippen molar-refractivity contribution in [2.75, 3.05) is 19.0 Å². The third-order valence-corrected chi connectivity index (χ3v) is 3.54. The van der Waals surface area contributed by atoms with E-state index in [0.717, 1.165) is 30.6 Å². The van der Waals surface area contributed by atoms with Crippen LogP contribution >= 0.6 is 0 Å². The van der Waals surface area contributed by atoms with Crippen molar-refractivity contribution in [1.29, 1.82) is 0 Å². The molecule has 2 rings (SSSR count). The lowest BCUT2D eigenvalue weighted by atomic mass is 9.94. The number of carbonyl (C=O) groups is 1. The quantitative estimate of drug-likeness (QED) is 0.874. The number of hydrogen-bond donors (Lipinski definition) is 2. The van der Waals surface area contributed by atoms with Gasteiger partial charge in [0, 0.05) is 25.4 Å². The number of methoxy groups -OCH3 is 1. The Kier molecular flexibility index (Phi) is 4.93. The van der Waals surface area contributed by atoms with Crippen LogP contribution < -0.4 is 10.6 Å². The number of nitrogens with one attached hydrogen (secondary N) is 2. The number of anilines is 1. The maximum Gasteiger partial charge on any atom is 0.228 e. The molecule has 0 spiro atoms. The summed E-state index contributed by atoms with van der Waals surface area (Å²) in [6.07, 6.45) is 2.01. The molecule has 0 saturated carbocycles. The zero-order chi connectivity index (χ0) is 13.7. The highest BCUT2D eigenvalue weighted by molar-refractivity contribution is 5.92. The minimum atomic E-state index is 0.0716. The molecule has 0 radical (unpaired) electrons. The molecule has 1 fully saturated rings. The van der Waals surface area contributed by atoms with Crippen LogP contribution in [0.4, 0.5) is 5.69 Å². The smallest absolute Gasteiger partial charge is 0.228 e. The van der Waals surface area contributed by atoms with E-state index in [4.69, 9.17) is 4.74 Å². The largest absolute Gasteiger partial charge is 0.380 e. The van der Waals surface area contributed by atoms with Gasteiger partial charge in [0.1, 0.15) is 0 Å². The van der Waals surface area contributed by atoms with E-state index in [1.54, 1.807) is 7.11 Å². The van der Waals surface area contributed by atoms with E-state index in [1.165, 1.54) is 0 Å². The zero-order valence-corrected chi connectivity index (χ0v) is 11.6. The Morgan fingerprint density at radius 3 is 3.00 bits per heavy atom. The SMILES string of the molecule is COCc1cccc(NC(=O)C2CCC(C)NC2)c1. The Morgan fingerprint density at radius 2 is 2.32 bits per heavy atom. The molecular weight excluding hydrogens is 240 g/mol. The van der Waals surface area contributed by atoms with Gasteiger partial charge in [-0.05, 0) is 37.5 Å². The van der Waals surface area contributed by atoms with Gasteiger partial charge in [0.2, 0.25) is 5.91 Å². The molecule has 1 aliphatic heterocycles. The van der Waals surface area contributed by atoms with Crippen LogP contribution in [0.5, 0.6) is 0 Å². The summed E-state index contributed by atoms with van der Waals surface area (Å²) in [5, 5.41) is 6.34. The average molecular weight is 262 g/mol. The predicted molar refractivity (Wildman–Crippen MR) is 76.0 cm³/mol. The molecule has 1 aromatic rings. The first kappa shape index (κ1) is 14.0.